The number of rotatable bonds is 2. The fourth-order valence-electron chi connectivity index (χ4n) is 1.61. The van der Waals surface area contributed by atoms with E-state index >= 15 is 0 Å². The maximum Gasteiger partial charge on any atom is 0.255 e. The van der Waals surface area contributed by atoms with Crippen LogP contribution in [-0.4, -0.2) is 5.91 Å². The van der Waals surface area contributed by atoms with Crippen molar-refractivity contribution < 1.29 is 9.18 Å². The standard InChI is InChI=1S/C14H10Br2FNO/c1-8-4-12(2-3-13(8)16)18-14(19)9-5-10(15)7-11(17)6-9/h2-7H,1H3,(H,18,19). The zero-order chi connectivity index (χ0) is 14.0. The number of hydrogen-bond donors (Lipinski definition) is 1. The lowest BCUT2D eigenvalue weighted by Crippen LogP contribution is -2.12. The van der Waals surface area contributed by atoms with E-state index in [1.165, 1.54) is 12.1 Å². The summed E-state index contributed by atoms with van der Waals surface area (Å²) in [4.78, 5) is 12.0. The number of hydrogen-bond acceptors (Lipinski definition) is 1. The summed E-state index contributed by atoms with van der Waals surface area (Å²) in [5.41, 5.74) is 1.96. The van der Waals surface area contributed by atoms with Gasteiger partial charge >= 0.3 is 0 Å². The van der Waals surface area contributed by atoms with Gasteiger partial charge in [-0.05, 0) is 48.9 Å². The number of benzene rings is 2. The second-order valence-corrected chi connectivity index (χ2v) is 5.85. The molecule has 0 saturated heterocycles. The minimum absolute atomic E-state index is 0.271. The molecule has 0 fully saturated rings. The Morgan fingerprint density at radius 3 is 2.53 bits per heavy atom. The Labute approximate surface area is 127 Å². The number of nitrogens with one attached hydrogen (secondary N) is 1. The monoisotopic (exact) mass is 385 g/mol. The summed E-state index contributed by atoms with van der Waals surface area (Å²) in [5, 5.41) is 2.73. The second-order valence-electron chi connectivity index (χ2n) is 4.08. The van der Waals surface area contributed by atoms with Gasteiger partial charge in [0.2, 0.25) is 0 Å². The summed E-state index contributed by atoms with van der Waals surface area (Å²) in [7, 11) is 0. The van der Waals surface area contributed by atoms with Crippen LogP contribution in [0.25, 0.3) is 0 Å². The quantitative estimate of drug-likeness (QED) is 0.780. The van der Waals surface area contributed by atoms with E-state index in [0.29, 0.717) is 10.2 Å². The van der Waals surface area contributed by atoms with Crippen molar-refractivity contribution in [3.05, 3.63) is 62.3 Å². The number of aryl methyl sites for hydroxylation is 1. The molecule has 5 heteroatoms. The highest BCUT2D eigenvalue weighted by Gasteiger charge is 2.09. The van der Waals surface area contributed by atoms with Crippen molar-refractivity contribution in [3.63, 3.8) is 0 Å². The van der Waals surface area contributed by atoms with Gasteiger partial charge in [-0.1, -0.05) is 31.9 Å². The molecule has 0 unspecified atom stereocenters. The van der Waals surface area contributed by atoms with Crippen LogP contribution in [0.15, 0.2) is 45.3 Å². The van der Waals surface area contributed by atoms with Crippen LogP contribution in [0.3, 0.4) is 0 Å². The van der Waals surface area contributed by atoms with Gasteiger partial charge in [-0.2, -0.15) is 0 Å². The predicted molar refractivity (Wildman–Crippen MR) is 80.9 cm³/mol. The van der Waals surface area contributed by atoms with Crippen LogP contribution in [0.5, 0.6) is 0 Å². The molecule has 2 aromatic carbocycles. The fourth-order valence-corrected chi connectivity index (χ4v) is 2.32. The lowest BCUT2D eigenvalue weighted by molar-refractivity contribution is 0.102. The van der Waals surface area contributed by atoms with Crippen LogP contribution in [0.1, 0.15) is 15.9 Å². The third-order valence-electron chi connectivity index (χ3n) is 2.54. The number of halogens is 3. The molecule has 0 atom stereocenters. The number of anilines is 1. The minimum atomic E-state index is -0.452. The number of carbonyl (C=O) groups is 1. The first-order valence-electron chi connectivity index (χ1n) is 5.49. The number of amides is 1. The molecule has 0 aromatic heterocycles. The third-order valence-corrected chi connectivity index (χ3v) is 3.89. The van der Waals surface area contributed by atoms with Gasteiger partial charge in [-0.25, -0.2) is 4.39 Å². The molecule has 98 valence electrons. The van der Waals surface area contributed by atoms with Crippen LogP contribution in [0.4, 0.5) is 10.1 Å². The first-order valence-corrected chi connectivity index (χ1v) is 7.08. The van der Waals surface area contributed by atoms with Crippen LogP contribution < -0.4 is 5.32 Å². The highest BCUT2D eigenvalue weighted by atomic mass is 79.9. The highest BCUT2D eigenvalue weighted by molar-refractivity contribution is 9.10. The van der Waals surface area contributed by atoms with Crippen molar-refractivity contribution in [2.24, 2.45) is 0 Å². The van der Waals surface area contributed by atoms with Crippen LogP contribution >= 0.6 is 31.9 Å². The van der Waals surface area contributed by atoms with E-state index in [1.807, 2.05) is 19.1 Å². The van der Waals surface area contributed by atoms with Crippen molar-refractivity contribution in [1.29, 1.82) is 0 Å². The normalized spacial score (nSPS) is 10.3. The molecular formula is C14H10Br2FNO. The molecule has 0 aliphatic heterocycles. The zero-order valence-corrected chi connectivity index (χ0v) is 13.2. The van der Waals surface area contributed by atoms with E-state index in [4.69, 9.17) is 0 Å². The summed E-state index contributed by atoms with van der Waals surface area (Å²) < 4.78 is 14.7. The smallest absolute Gasteiger partial charge is 0.255 e. The van der Waals surface area contributed by atoms with Gasteiger partial charge in [0.05, 0.1) is 0 Å². The molecule has 0 aliphatic carbocycles. The number of carbonyl (C=O) groups excluding carboxylic acids is 1. The van der Waals surface area contributed by atoms with Crippen LogP contribution in [-0.2, 0) is 0 Å². The van der Waals surface area contributed by atoms with Crippen LogP contribution in [0.2, 0.25) is 0 Å². The predicted octanol–water partition coefficient (Wildman–Crippen LogP) is 4.91. The van der Waals surface area contributed by atoms with E-state index in [9.17, 15) is 9.18 Å². The Bertz CT molecular complexity index is 623. The van der Waals surface area contributed by atoms with E-state index in [-0.39, 0.29) is 11.5 Å². The Hall–Kier alpha value is -1.20. The van der Waals surface area contributed by atoms with Gasteiger partial charge < -0.3 is 5.32 Å². The minimum Gasteiger partial charge on any atom is -0.322 e. The van der Waals surface area contributed by atoms with Gasteiger partial charge in [-0.3, -0.25) is 4.79 Å². The molecule has 1 amide bonds. The average molecular weight is 387 g/mol. The Morgan fingerprint density at radius 2 is 1.89 bits per heavy atom. The van der Waals surface area contributed by atoms with E-state index < -0.39 is 5.82 Å². The van der Waals surface area contributed by atoms with Crippen molar-refractivity contribution in [1.82, 2.24) is 0 Å². The van der Waals surface area contributed by atoms with E-state index in [0.717, 1.165) is 10.0 Å². The summed E-state index contributed by atoms with van der Waals surface area (Å²) in [6, 6.07) is 9.56. The van der Waals surface area contributed by atoms with Crippen molar-refractivity contribution >= 4 is 43.5 Å². The molecule has 0 spiro atoms. The molecule has 0 heterocycles. The average Bonchev–Trinajstić information content (AvgIpc) is 2.32. The van der Waals surface area contributed by atoms with E-state index in [2.05, 4.69) is 37.2 Å². The summed E-state index contributed by atoms with van der Waals surface area (Å²) in [5.74, 6) is -0.798. The molecule has 1 N–H and O–H groups in total. The topological polar surface area (TPSA) is 29.1 Å². The van der Waals surface area contributed by atoms with Gasteiger partial charge in [0, 0.05) is 20.2 Å². The third kappa shape index (κ3) is 3.64. The van der Waals surface area contributed by atoms with Gasteiger partial charge in [0.1, 0.15) is 5.82 Å². The first kappa shape index (κ1) is 14.2. The second kappa shape index (κ2) is 5.84. The summed E-state index contributed by atoms with van der Waals surface area (Å²) >= 11 is 6.55. The van der Waals surface area contributed by atoms with Gasteiger partial charge in [0.15, 0.2) is 0 Å². The van der Waals surface area contributed by atoms with E-state index in [1.54, 1.807) is 12.1 Å². The van der Waals surface area contributed by atoms with Gasteiger partial charge in [-0.15, -0.1) is 0 Å². The molecule has 19 heavy (non-hydrogen) atoms. The summed E-state index contributed by atoms with van der Waals surface area (Å²) in [6.07, 6.45) is 0. The summed E-state index contributed by atoms with van der Waals surface area (Å²) in [6.45, 7) is 1.93. The van der Waals surface area contributed by atoms with Crippen molar-refractivity contribution in [2.45, 2.75) is 6.92 Å². The van der Waals surface area contributed by atoms with Crippen LogP contribution in [0, 0.1) is 12.7 Å². The fraction of sp³-hybridized carbons (Fsp3) is 0.0714. The Morgan fingerprint density at radius 1 is 1.16 bits per heavy atom. The molecule has 0 radical (unpaired) electrons. The Balaban J connectivity index is 2.22. The molecule has 0 bridgehead atoms. The zero-order valence-electron chi connectivity index (χ0n) is 10.0. The van der Waals surface area contributed by atoms with Crippen molar-refractivity contribution in [2.75, 3.05) is 5.32 Å². The molecule has 0 aliphatic rings. The molecule has 2 rings (SSSR count). The molecule has 0 saturated carbocycles. The maximum atomic E-state index is 13.2. The largest absolute Gasteiger partial charge is 0.322 e. The van der Waals surface area contributed by atoms with Gasteiger partial charge in [0.25, 0.3) is 5.91 Å². The molecule has 2 nitrogen and oxygen atoms in total. The molecular weight excluding hydrogens is 377 g/mol. The first-order chi connectivity index (χ1) is 8.95. The Kier molecular flexibility index (Phi) is 4.37. The van der Waals surface area contributed by atoms with Crippen molar-refractivity contribution in [3.8, 4) is 0 Å². The maximum absolute atomic E-state index is 13.2. The lowest BCUT2D eigenvalue weighted by Gasteiger charge is -2.07. The SMILES string of the molecule is Cc1cc(NC(=O)c2cc(F)cc(Br)c2)ccc1Br. The highest BCUT2D eigenvalue weighted by Crippen LogP contribution is 2.21. The molecule has 2 aromatic rings. The lowest BCUT2D eigenvalue weighted by atomic mass is 10.2.